The third-order valence-electron chi connectivity index (χ3n) is 12.5. The number of nitrogens with one attached hydrogen (secondary N) is 2. The van der Waals surface area contributed by atoms with Gasteiger partial charge in [0.25, 0.3) is 5.91 Å². The maximum absolute atomic E-state index is 14.2. The number of carbonyl (C=O) groups excluding carboxylic acids is 2. The first-order chi connectivity index (χ1) is 25.2. The number of methoxy groups -OCH3 is 1. The van der Waals surface area contributed by atoms with Crippen LogP contribution in [0.15, 0.2) is 66.7 Å². The zero-order valence-corrected chi connectivity index (χ0v) is 32.5. The summed E-state index contributed by atoms with van der Waals surface area (Å²) in [7, 11) is 5.49. The van der Waals surface area contributed by atoms with Crippen LogP contribution in [0.2, 0.25) is 0 Å². The van der Waals surface area contributed by atoms with Crippen LogP contribution in [0.4, 0.5) is 5.69 Å². The van der Waals surface area contributed by atoms with Crippen LogP contribution in [0.1, 0.15) is 68.9 Å². The van der Waals surface area contributed by atoms with Crippen molar-refractivity contribution in [1.82, 2.24) is 15.7 Å². The highest BCUT2D eigenvalue weighted by atomic mass is 16.7. The molecule has 3 aromatic rings. The van der Waals surface area contributed by atoms with E-state index in [0.29, 0.717) is 35.5 Å². The normalized spacial score (nSPS) is 27.3. The Labute approximate surface area is 314 Å². The molecule has 3 aliphatic carbocycles. The molecule has 1 heterocycles. The van der Waals surface area contributed by atoms with Crippen molar-refractivity contribution < 1.29 is 29.4 Å². The number of para-hydroxylation sites is 1. The number of amides is 2. The van der Waals surface area contributed by atoms with Gasteiger partial charge in [0.2, 0.25) is 5.91 Å². The molecule has 0 spiro atoms. The molecule has 2 amide bonds. The van der Waals surface area contributed by atoms with Crippen molar-refractivity contribution in [2.24, 2.45) is 29.1 Å². The lowest BCUT2D eigenvalue weighted by atomic mass is 9.45. The van der Waals surface area contributed by atoms with Crippen LogP contribution in [-0.2, 0) is 22.6 Å². The molecule has 1 aliphatic heterocycles. The number of benzene rings is 3. The third kappa shape index (κ3) is 7.83. The van der Waals surface area contributed by atoms with Gasteiger partial charge in [-0.1, -0.05) is 69.3 Å². The number of rotatable bonds is 13. The fourth-order valence-electron chi connectivity index (χ4n) is 9.31. The molecule has 7 rings (SSSR count). The molecule has 53 heavy (non-hydrogen) atoms. The van der Waals surface area contributed by atoms with E-state index in [0.717, 1.165) is 34.4 Å². The van der Waals surface area contributed by atoms with Crippen LogP contribution in [0.3, 0.4) is 0 Å². The monoisotopic (exact) mass is 726 g/mol. The van der Waals surface area contributed by atoms with Gasteiger partial charge >= 0.3 is 0 Å². The van der Waals surface area contributed by atoms with Crippen molar-refractivity contribution in [2.75, 3.05) is 32.7 Å². The van der Waals surface area contributed by atoms with E-state index >= 15 is 0 Å². The van der Waals surface area contributed by atoms with Gasteiger partial charge in [0.05, 0.1) is 26.4 Å². The predicted octanol–water partition coefficient (Wildman–Crippen LogP) is 5.45. The molecule has 4 N–H and O–H groups in total. The quantitative estimate of drug-likeness (QED) is 0.184. The van der Waals surface area contributed by atoms with Crippen molar-refractivity contribution in [1.29, 1.82) is 0 Å². The van der Waals surface area contributed by atoms with Crippen molar-refractivity contribution in [2.45, 2.75) is 90.8 Å². The smallest absolute Gasteiger partial charge is 0.251 e. The average molecular weight is 727 g/mol. The summed E-state index contributed by atoms with van der Waals surface area (Å²) in [6, 6.07) is 20.8. The van der Waals surface area contributed by atoms with Crippen LogP contribution >= 0.6 is 0 Å². The molecular formula is C43H58N4O6. The first-order valence-corrected chi connectivity index (χ1v) is 19.1. The Morgan fingerprint density at radius 2 is 1.79 bits per heavy atom. The topological polar surface area (TPSA) is 124 Å². The third-order valence-corrected chi connectivity index (χ3v) is 12.5. The van der Waals surface area contributed by atoms with E-state index in [1.807, 2.05) is 80.5 Å². The van der Waals surface area contributed by atoms with Crippen molar-refractivity contribution >= 4 is 17.5 Å². The molecule has 10 heteroatoms. The van der Waals surface area contributed by atoms with E-state index in [9.17, 15) is 19.8 Å². The maximum Gasteiger partial charge on any atom is 0.251 e. The van der Waals surface area contributed by atoms with E-state index < -0.39 is 24.2 Å². The summed E-state index contributed by atoms with van der Waals surface area (Å²) in [5.74, 6) is 1.05. The molecule has 4 aliphatic rings. The minimum atomic E-state index is -0.897. The summed E-state index contributed by atoms with van der Waals surface area (Å²) in [4.78, 5) is 36.1. The minimum absolute atomic E-state index is 0.0403. The number of anilines is 1. The summed E-state index contributed by atoms with van der Waals surface area (Å²) >= 11 is 0. The molecule has 0 aromatic heterocycles. The predicted molar refractivity (Wildman–Crippen MR) is 207 cm³/mol. The maximum atomic E-state index is 14.2. The first kappa shape index (κ1) is 38.8. The van der Waals surface area contributed by atoms with Crippen LogP contribution < -0.4 is 20.3 Å². The Morgan fingerprint density at radius 1 is 1.06 bits per heavy atom. The fraction of sp³-hybridized carbons (Fsp3) is 0.535. The molecule has 10 nitrogen and oxygen atoms in total. The average Bonchev–Trinajstić information content (AvgIpc) is 3.50. The number of fused-ring (bicyclic) bond motifs is 2. The molecule has 0 radical (unpaired) electrons. The van der Waals surface area contributed by atoms with Crippen LogP contribution in [0.5, 0.6) is 5.75 Å². The summed E-state index contributed by atoms with van der Waals surface area (Å²) in [6.07, 6.45) is 1.20. The van der Waals surface area contributed by atoms with Crippen LogP contribution in [0, 0.1) is 29.1 Å². The second-order valence-corrected chi connectivity index (χ2v) is 16.5. The zero-order valence-electron chi connectivity index (χ0n) is 32.5. The minimum Gasteiger partial charge on any atom is -0.496 e. The van der Waals surface area contributed by atoms with Gasteiger partial charge in [-0.05, 0) is 85.6 Å². The fourth-order valence-corrected chi connectivity index (χ4v) is 9.31. The number of nitrogens with zero attached hydrogens (tertiary/aromatic N) is 2. The highest BCUT2D eigenvalue weighted by Gasteiger charge is 2.57. The van der Waals surface area contributed by atoms with E-state index in [1.54, 1.807) is 19.1 Å². The number of aliphatic hydroxyl groups excluding tert-OH is 2. The summed E-state index contributed by atoms with van der Waals surface area (Å²) in [5.41, 5.74) is 5.17. The molecule has 9 atom stereocenters. The number of hydrogen-bond donors (Lipinski definition) is 4. The molecule has 0 unspecified atom stereocenters. The molecular weight excluding hydrogens is 668 g/mol. The highest BCUT2D eigenvalue weighted by molar-refractivity contribution is 5.97. The number of aliphatic hydroxyl groups is 2. The Balaban J connectivity index is 1.27. The molecule has 286 valence electrons. The second kappa shape index (κ2) is 15.8. The van der Waals surface area contributed by atoms with Gasteiger partial charge in [-0.3, -0.25) is 14.4 Å². The second-order valence-electron chi connectivity index (χ2n) is 16.5. The highest BCUT2D eigenvalue weighted by Crippen LogP contribution is 2.61. The van der Waals surface area contributed by atoms with Gasteiger partial charge in [-0.2, -0.15) is 5.06 Å². The standard InChI is InChI=1S/C43H58N4O6/c1-25(17-28-13-10-9-11-14-28)44-41(50)31-18-30(19-33(20-31)46(6)7)34-16-12-15-29(40(34)52-8)23-47-39(38(27(3)49)37(24-48)53-47)42(51)45-36-22-32-21-35(26(36)2)43(32,4)5/h9-16,18-20,25-27,32,35-39,48-49H,17,21-24H2,1-8H3,(H,44,50)(H,45,51)/t25-,26+,27+,32+,35+,36+,37+,38+,39+/m1/s1. The lowest BCUT2D eigenvalue weighted by Gasteiger charge is -2.62. The van der Waals surface area contributed by atoms with Crippen molar-refractivity contribution in [3.8, 4) is 16.9 Å². The lowest BCUT2D eigenvalue weighted by Crippen LogP contribution is -2.62. The Bertz CT molecular complexity index is 1760. The molecule has 3 saturated carbocycles. The zero-order chi connectivity index (χ0) is 38.2. The van der Waals surface area contributed by atoms with Crippen LogP contribution in [-0.4, -0.2) is 85.2 Å². The van der Waals surface area contributed by atoms with Gasteiger partial charge in [0, 0.05) is 54.5 Å². The van der Waals surface area contributed by atoms with Gasteiger partial charge in [-0.25, -0.2) is 0 Å². The number of carbonyl (C=O) groups is 2. The van der Waals surface area contributed by atoms with Crippen molar-refractivity contribution in [3.05, 3.63) is 83.4 Å². The number of ether oxygens (including phenoxy) is 1. The van der Waals surface area contributed by atoms with Gasteiger partial charge in [-0.15, -0.1) is 0 Å². The van der Waals surface area contributed by atoms with Gasteiger partial charge in [0.1, 0.15) is 17.9 Å². The van der Waals surface area contributed by atoms with Crippen molar-refractivity contribution in [3.63, 3.8) is 0 Å². The Morgan fingerprint density at radius 3 is 2.42 bits per heavy atom. The SMILES string of the molecule is COc1c(CN2O[C@@H](CO)[C@H]([C@H](C)O)[C@H]2C(=O)N[C@H]2C[C@@H]3C[C@@H]([C@@H]2C)C3(C)C)cccc1-c1cc(C(=O)N[C@H](C)Cc2ccccc2)cc(N(C)C)c1. The molecule has 4 fully saturated rings. The van der Waals surface area contributed by atoms with Gasteiger partial charge in [0.15, 0.2) is 0 Å². The molecule has 1 saturated heterocycles. The first-order valence-electron chi connectivity index (χ1n) is 19.1. The number of hydrogen-bond acceptors (Lipinski definition) is 8. The van der Waals surface area contributed by atoms with Gasteiger partial charge < -0.3 is 30.5 Å². The summed E-state index contributed by atoms with van der Waals surface area (Å²) in [6.45, 7) is 10.4. The van der Waals surface area contributed by atoms with E-state index in [4.69, 9.17) is 9.57 Å². The Hall–Kier alpha value is -3.96. The summed E-state index contributed by atoms with van der Waals surface area (Å²) < 4.78 is 6.07. The Kier molecular flexibility index (Phi) is 11.5. The summed E-state index contributed by atoms with van der Waals surface area (Å²) in [5, 5.41) is 29.4. The van der Waals surface area contributed by atoms with Crippen LogP contribution in [0.25, 0.3) is 11.1 Å². The number of hydroxylamine groups is 2. The largest absolute Gasteiger partial charge is 0.496 e. The van der Waals surface area contributed by atoms with E-state index in [-0.39, 0.29) is 42.5 Å². The van der Waals surface area contributed by atoms with E-state index in [1.165, 1.54) is 6.42 Å². The lowest BCUT2D eigenvalue weighted by molar-refractivity contribution is -0.183. The molecule has 3 aromatic carbocycles. The van der Waals surface area contributed by atoms with E-state index in [2.05, 4.69) is 43.5 Å². The molecule has 2 bridgehead atoms.